The van der Waals surface area contributed by atoms with Crippen LogP contribution in [0.2, 0.25) is 15.1 Å². The Kier molecular flexibility index (Phi) is 8.54. The van der Waals surface area contributed by atoms with Crippen molar-refractivity contribution < 1.29 is 14.3 Å². The summed E-state index contributed by atoms with van der Waals surface area (Å²) in [6.07, 6.45) is 0.276. The molecule has 0 fully saturated rings. The predicted molar refractivity (Wildman–Crippen MR) is 147 cm³/mol. The van der Waals surface area contributed by atoms with Crippen molar-refractivity contribution in [3.05, 3.63) is 105 Å². The maximum atomic E-state index is 13.5. The van der Waals surface area contributed by atoms with Crippen LogP contribution in [0.3, 0.4) is 0 Å². The Hall–Kier alpha value is -3.32. The van der Waals surface area contributed by atoms with E-state index in [1.807, 2.05) is 42.5 Å². The van der Waals surface area contributed by atoms with Crippen LogP contribution in [-0.4, -0.2) is 34.3 Å². The molecule has 1 aromatic heterocycles. The summed E-state index contributed by atoms with van der Waals surface area (Å²) in [5.41, 5.74) is 3.63. The molecule has 1 N–H and O–H groups in total. The van der Waals surface area contributed by atoms with Gasteiger partial charge in [0.05, 0.1) is 23.0 Å². The minimum Gasteiger partial charge on any atom is -0.464 e. The van der Waals surface area contributed by atoms with Crippen LogP contribution in [0.4, 0.5) is 0 Å². The number of aromatic nitrogens is 2. The van der Waals surface area contributed by atoms with Crippen LogP contribution in [-0.2, 0) is 16.0 Å². The first kappa shape index (κ1) is 26.7. The summed E-state index contributed by atoms with van der Waals surface area (Å²) in [7, 11) is 0. The topological polar surface area (TPSA) is 73.2 Å². The molecular formula is C28H24Cl3N3O3. The van der Waals surface area contributed by atoms with Gasteiger partial charge in [-0.05, 0) is 49.7 Å². The molecule has 1 atom stereocenters. The number of hydrogen-bond acceptors (Lipinski definition) is 4. The summed E-state index contributed by atoms with van der Waals surface area (Å²) < 4.78 is 6.83. The molecule has 0 saturated carbocycles. The maximum absolute atomic E-state index is 13.5. The molecule has 0 aliphatic carbocycles. The van der Waals surface area contributed by atoms with Crippen molar-refractivity contribution in [1.82, 2.24) is 15.1 Å². The second-order valence-corrected chi connectivity index (χ2v) is 9.58. The van der Waals surface area contributed by atoms with Crippen LogP contribution in [0, 0.1) is 6.92 Å². The fourth-order valence-corrected chi connectivity index (χ4v) is 4.61. The molecule has 0 saturated heterocycles. The molecule has 0 aliphatic rings. The smallest absolute Gasteiger partial charge is 0.328 e. The number of nitrogens with zero attached hydrogens (tertiary/aromatic N) is 2. The average Bonchev–Trinajstić information content (AvgIpc) is 3.21. The summed E-state index contributed by atoms with van der Waals surface area (Å²) in [4.78, 5) is 26.2. The van der Waals surface area contributed by atoms with E-state index >= 15 is 0 Å². The van der Waals surface area contributed by atoms with E-state index in [2.05, 4.69) is 10.4 Å². The first-order valence-corrected chi connectivity index (χ1v) is 12.7. The highest BCUT2D eigenvalue weighted by Gasteiger charge is 2.28. The minimum absolute atomic E-state index is 0.151. The molecule has 190 valence electrons. The van der Waals surface area contributed by atoms with Gasteiger partial charge in [-0.1, -0.05) is 77.3 Å². The number of esters is 1. The van der Waals surface area contributed by atoms with Gasteiger partial charge >= 0.3 is 5.97 Å². The number of carbonyl (C=O) groups is 2. The van der Waals surface area contributed by atoms with Crippen molar-refractivity contribution >= 4 is 46.7 Å². The van der Waals surface area contributed by atoms with E-state index < -0.39 is 17.9 Å². The Morgan fingerprint density at radius 1 is 0.973 bits per heavy atom. The molecule has 1 unspecified atom stereocenters. The molecule has 4 rings (SSSR count). The van der Waals surface area contributed by atoms with Gasteiger partial charge in [0.2, 0.25) is 0 Å². The first-order valence-electron chi connectivity index (χ1n) is 11.6. The van der Waals surface area contributed by atoms with Gasteiger partial charge in [-0.25, -0.2) is 9.48 Å². The fraction of sp³-hybridized carbons (Fsp3) is 0.179. The van der Waals surface area contributed by atoms with Crippen LogP contribution in [0.25, 0.3) is 16.9 Å². The molecule has 0 bridgehead atoms. The Balaban J connectivity index is 1.76. The summed E-state index contributed by atoms with van der Waals surface area (Å²) >= 11 is 18.7. The molecule has 3 aromatic carbocycles. The van der Waals surface area contributed by atoms with Gasteiger partial charge in [-0.2, -0.15) is 5.10 Å². The lowest BCUT2D eigenvalue weighted by Gasteiger charge is -2.17. The Morgan fingerprint density at radius 2 is 1.65 bits per heavy atom. The lowest BCUT2D eigenvalue weighted by Crippen LogP contribution is -2.43. The third-order valence-corrected chi connectivity index (χ3v) is 6.54. The molecule has 37 heavy (non-hydrogen) atoms. The van der Waals surface area contributed by atoms with E-state index in [4.69, 9.17) is 39.5 Å². The van der Waals surface area contributed by atoms with Gasteiger partial charge in [0.1, 0.15) is 6.04 Å². The zero-order valence-electron chi connectivity index (χ0n) is 20.2. The Bertz CT molecular complexity index is 1420. The zero-order chi connectivity index (χ0) is 26.5. The summed E-state index contributed by atoms with van der Waals surface area (Å²) in [5, 5.41) is 8.86. The van der Waals surface area contributed by atoms with Crippen molar-refractivity contribution in [1.29, 1.82) is 0 Å². The highest BCUT2D eigenvalue weighted by Crippen LogP contribution is 2.33. The molecule has 0 radical (unpaired) electrons. The standard InChI is InChI=1S/C28H24Cl3N3O3/c1-3-37-28(36)23(15-18-7-5-4-6-8-18)32-27(35)25-17(2)26(19-9-11-20(29)12-10-19)34(33-25)24-14-13-21(30)16-22(24)31/h4-14,16,23H,3,15H2,1-2H3,(H,32,35). The van der Waals surface area contributed by atoms with Gasteiger partial charge in [0, 0.05) is 27.6 Å². The third kappa shape index (κ3) is 6.16. The fourth-order valence-electron chi connectivity index (χ4n) is 4.00. The number of benzene rings is 3. The molecule has 9 heteroatoms. The number of carbonyl (C=O) groups excluding carboxylic acids is 2. The maximum Gasteiger partial charge on any atom is 0.328 e. The molecule has 0 aliphatic heterocycles. The van der Waals surface area contributed by atoms with E-state index in [0.717, 1.165) is 11.1 Å². The van der Waals surface area contributed by atoms with Crippen molar-refractivity contribution in [3.8, 4) is 16.9 Å². The van der Waals surface area contributed by atoms with Crippen molar-refractivity contribution in [3.63, 3.8) is 0 Å². The summed E-state index contributed by atoms with van der Waals surface area (Å²) in [5.74, 6) is -1.03. The molecular weight excluding hydrogens is 533 g/mol. The molecule has 4 aromatic rings. The van der Waals surface area contributed by atoms with Gasteiger partial charge in [-0.15, -0.1) is 0 Å². The molecule has 1 amide bonds. The number of amides is 1. The van der Waals surface area contributed by atoms with E-state index in [1.165, 1.54) is 0 Å². The number of hydrogen-bond donors (Lipinski definition) is 1. The summed E-state index contributed by atoms with van der Waals surface area (Å²) in [6.45, 7) is 3.71. The molecule has 6 nitrogen and oxygen atoms in total. The quantitative estimate of drug-likeness (QED) is 0.245. The number of nitrogens with one attached hydrogen (secondary N) is 1. The molecule has 0 spiro atoms. The Morgan fingerprint density at radius 3 is 2.30 bits per heavy atom. The number of halogens is 3. The number of ether oxygens (including phenoxy) is 1. The van der Waals surface area contributed by atoms with Crippen molar-refractivity contribution in [2.75, 3.05) is 6.61 Å². The van der Waals surface area contributed by atoms with Gasteiger partial charge in [0.25, 0.3) is 5.91 Å². The SMILES string of the molecule is CCOC(=O)C(Cc1ccccc1)NC(=O)c1nn(-c2ccc(Cl)cc2Cl)c(-c2ccc(Cl)cc2)c1C. The lowest BCUT2D eigenvalue weighted by molar-refractivity contribution is -0.145. The highest BCUT2D eigenvalue weighted by molar-refractivity contribution is 6.35. The second kappa shape index (κ2) is 11.8. The molecule has 1 heterocycles. The van der Waals surface area contributed by atoms with Crippen LogP contribution in [0.5, 0.6) is 0 Å². The third-order valence-electron chi connectivity index (χ3n) is 5.75. The van der Waals surface area contributed by atoms with Crippen molar-refractivity contribution in [2.45, 2.75) is 26.3 Å². The van der Waals surface area contributed by atoms with E-state index in [-0.39, 0.29) is 18.7 Å². The monoisotopic (exact) mass is 555 g/mol. The van der Waals surface area contributed by atoms with Crippen LogP contribution < -0.4 is 5.32 Å². The number of rotatable bonds is 8. The van der Waals surface area contributed by atoms with E-state index in [9.17, 15) is 9.59 Å². The van der Waals surface area contributed by atoms with E-state index in [1.54, 1.807) is 48.9 Å². The lowest BCUT2D eigenvalue weighted by atomic mass is 10.0. The Labute approximate surface area is 230 Å². The highest BCUT2D eigenvalue weighted by atomic mass is 35.5. The normalized spacial score (nSPS) is 11.7. The summed E-state index contributed by atoms with van der Waals surface area (Å²) in [6, 6.07) is 20.7. The van der Waals surface area contributed by atoms with Crippen molar-refractivity contribution in [2.24, 2.45) is 0 Å². The second-order valence-electron chi connectivity index (χ2n) is 8.30. The average molecular weight is 557 g/mol. The van der Waals surface area contributed by atoms with Gasteiger partial charge in [0.15, 0.2) is 5.69 Å². The van der Waals surface area contributed by atoms with Gasteiger partial charge < -0.3 is 10.1 Å². The van der Waals surface area contributed by atoms with Crippen LogP contribution in [0.15, 0.2) is 72.8 Å². The minimum atomic E-state index is -0.891. The van der Waals surface area contributed by atoms with Gasteiger partial charge in [-0.3, -0.25) is 4.79 Å². The zero-order valence-corrected chi connectivity index (χ0v) is 22.4. The predicted octanol–water partition coefficient (Wildman–Crippen LogP) is 6.71. The largest absolute Gasteiger partial charge is 0.464 e. The van der Waals surface area contributed by atoms with Crippen LogP contribution >= 0.6 is 34.8 Å². The van der Waals surface area contributed by atoms with E-state index in [0.29, 0.717) is 32.0 Å². The van der Waals surface area contributed by atoms with Crippen LogP contribution in [0.1, 0.15) is 28.5 Å². The first-order chi connectivity index (χ1) is 17.8.